The summed E-state index contributed by atoms with van der Waals surface area (Å²) in [6, 6.07) is -0.654. The molecular weight excluding hydrogens is 202 g/mol. The SMILES string of the molecule is C#CCCCCCC(=O)C(=O)[C@@H](N)C(C)C. The number of carbonyl (C=O) groups is 2. The molecule has 16 heavy (non-hydrogen) atoms. The first-order valence-corrected chi connectivity index (χ1v) is 5.76. The van der Waals surface area contributed by atoms with E-state index in [1.165, 1.54) is 0 Å². The van der Waals surface area contributed by atoms with Gasteiger partial charge >= 0.3 is 0 Å². The molecule has 90 valence electrons. The second-order valence-electron chi connectivity index (χ2n) is 4.32. The largest absolute Gasteiger partial charge is 0.321 e. The van der Waals surface area contributed by atoms with Crippen LogP contribution < -0.4 is 5.73 Å². The number of hydrogen-bond acceptors (Lipinski definition) is 3. The van der Waals surface area contributed by atoms with Crippen molar-refractivity contribution in [2.75, 3.05) is 0 Å². The fraction of sp³-hybridized carbons (Fsp3) is 0.692. The van der Waals surface area contributed by atoms with Crippen LogP contribution in [0, 0.1) is 18.3 Å². The molecule has 0 amide bonds. The first-order valence-electron chi connectivity index (χ1n) is 5.76. The van der Waals surface area contributed by atoms with Gasteiger partial charge in [-0.25, -0.2) is 0 Å². The monoisotopic (exact) mass is 223 g/mol. The van der Waals surface area contributed by atoms with Crippen molar-refractivity contribution in [3.63, 3.8) is 0 Å². The van der Waals surface area contributed by atoms with Gasteiger partial charge in [0.25, 0.3) is 0 Å². The maximum Gasteiger partial charge on any atom is 0.215 e. The molecule has 0 unspecified atom stereocenters. The maximum absolute atomic E-state index is 11.5. The van der Waals surface area contributed by atoms with Gasteiger partial charge in [-0.3, -0.25) is 9.59 Å². The van der Waals surface area contributed by atoms with Crippen molar-refractivity contribution in [3.05, 3.63) is 0 Å². The predicted octanol–water partition coefficient (Wildman–Crippen LogP) is 1.69. The highest BCUT2D eigenvalue weighted by Gasteiger charge is 2.23. The molecule has 0 heterocycles. The Balaban J connectivity index is 3.81. The van der Waals surface area contributed by atoms with Crippen LogP contribution in [-0.2, 0) is 9.59 Å². The Kier molecular flexibility index (Phi) is 7.49. The van der Waals surface area contributed by atoms with Crippen molar-refractivity contribution < 1.29 is 9.59 Å². The number of ketones is 2. The molecule has 0 radical (unpaired) electrons. The van der Waals surface area contributed by atoms with E-state index < -0.39 is 11.8 Å². The highest BCUT2D eigenvalue weighted by atomic mass is 16.2. The highest BCUT2D eigenvalue weighted by molar-refractivity contribution is 6.39. The summed E-state index contributed by atoms with van der Waals surface area (Å²) in [5.41, 5.74) is 5.62. The molecule has 3 heteroatoms. The molecule has 0 aliphatic heterocycles. The van der Waals surface area contributed by atoms with E-state index in [1.807, 2.05) is 13.8 Å². The fourth-order valence-electron chi connectivity index (χ4n) is 1.30. The molecular formula is C13H21NO2. The molecule has 0 bridgehead atoms. The van der Waals surface area contributed by atoms with Gasteiger partial charge < -0.3 is 5.73 Å². The zero-order valence-electron chi connectivity index (χ0n) is 10.2. The Hall–Kier alpha value is -1.14. The van der Waals surface area contributed by atoms with Crippen LogP contribution in [0.5, 0.6) is 0 Å². The predicted molar refractivity (Wildman–Crippen MR) is 64.7 cm³/mol. The second-order valence-corrected chi connectivity index (χ2v) is 4.32. The summed E-state index contributed by atoms with van der Waals surface area (Å²) in [4.78, 5) is 22.9. The Morgan fingerprint density at radius 3 is 2.38 bits per heavy atom. The van der Waals surface area contributed by atoms with Gasteiger partial charge in [0, 0.05) is 12.8 Å². The Bertz CT molecular complexity index is 276. The van der Waals surface area contributed by atoms with E-state index in [2.05, 4.69) is 5.92 Å². The van der Waals surface area contributed by atoms with E-state index in [9.17, 15) is 9.59 Å². The van der Waals surface area contributed by atoms with Gasteiger partial charge in [-0.2, -0.15) is 0 Å². The first kappa shape index (κ1) is 14.9. The van der Waals surface area contributed by atoms with E-state index in [0.29, 0.717) is 6.42 Å². The van der Waals surface area contributed by atoms with Crippen molar-refractivity contribution in [1.29, 1.82) is 0 Å². The van der Waals surface area contributed by atoms with Crippen LogP contribution in [0.1, 0.15) is 46.0 Å². The molecule has 0 aliphatic rings. The lowest BCUT2D eigenvalue weighted by molar-refractivity contribution is -0.137. The zero-order valence-corrected chi connectivity index (χ0v) is 10.2. The number of carbonyl (C=O) groups excluding carboxylic acids is 2. The number of hydrogen-bond donors (Lipinski definition) is 1. The van der Waals surface area contributed by atoms with Gasteiger partial charge in [-0.15, -0.1) is 12.3 Å². The van der Waals surface area contributed by atoms with Crippen molar-refractivity contribution in [2.24, 2.45) is 11.7 Å². The van der Waals surface area contributed by atoms with Gasteiger partial charge in [0.15, 0.2) is 5.78 Å². The normalized spacial score (nSPS) is 12.2. The minimum Gasteiger partial charge on any atom is -0.321 e. The van der Waals surface area contributed by atoms with E-state index in [-0.39, 0.29) is 11.7 Å². The number of Topliss-reactive ketones (excluding diaryl/α,β-unsaturated/α-hetero) is 2. The third kappa shape index (κ3) is 5.67. The summed E-state index contributed by atoms with van der Waals surface area (Å²) in [6.45, 7) is 3.67. The average Bonchev–Trinajstić information content (AvgIpc) is 2.26. The Morgan fingerprint density at radius 2 is 1.88 bits per heavy atom. The van der Waals surface area contributed by atoms with Gasteiger partial charge in [0.2, 0.25) is 5.78 Å². The smallest absolute Gasteiger partial charge is 0.215 e. The molecule has 0 spiro atoms. The summed E-state index contributed by atoms with van der Waals surface area (Å²) in [6.07, 6.45) is 8.65. The van der Waals surface area contributed by atoms with Crippen LogP contribution in [-0.4, -0.2) is 17.6 Å². The minimum atomic E-state index is -0.654. The third-order valence-electron chi connectivity index (χ3n) is 2.52. The van der Waals surface area contributed by atoms with E-state index >= 15 is 0 Å². The summed E-state index contributed by atoms with van der Waals surface area (Å²) in [7, 11) is 0. The molecule has 0 saturated carbocycles. The van der Waals surface area contributed by atoms with Gasteiger partial charge in [-0.05, 0) is 18.8 Å². The van der Waals surface area contributed by atoms with E-state index in [0.717, 1.165) is 25.7 Å². The molecule has 0 fully saturated rings. The van der Waals surface area contributed by atoms with Gasteiger partial charge in [0.05, 0.1) is 6.04 Å². The fourth-order valence-corrected chi connectivity index (χ4v) is 1.30. The number of terminal acetylenes is 1. The van der Waals surface area contributed by atoms with Crippen molar-refractivity contribution in [1.82, 2.24) is 0 Å². The number of unbranched alkanes of at least 4 members (excludes halogenated alkanes) is 3. The molecule has 0 saturated heterocycles. The van der Waals surface area contributed by atoms with Gasteiger partial charge in [0.1, 0.15) is 0 Å². The average molecular weight is 223 g/mol. The van der Waals surface area contributed by atoms with Gasteiger partial charge in [-0.1, -0.05) is 20.3 Å². The molecule has 2 N–H and O–H groups in total. The third-order valence-corrected chi connectivity index (χ3v) is 2.52. The first-order chi connectivity index (χ1) is 7.50. The zero-order chi connectivity index (χ0) is 12.6. The van der Waals surface area contributed by atoms with Crippen LogP contribution in [0.3, 0.4) is 0 Å². The summed E-state index contributed by atoms with van der Waals surface area (Å²) >= 11 is 0. The van der Waals surface area contributed by atoms with Crippen molar-refractivity contribution in [3.8, 4) is 12.3 Å². The Labute approximate surface area is 97.8 Å². The van der Waals surface area contributed by atoms with Crippen LogP contribution in [0.4, 0.5) is 0 Å². The van der Waals surface area contributed by atoms with Crippen molar-refractivity contribution in [2.45, 2.75) is 52.0 Å². The minimum absolute atomic E-state index is 0.0119. The Morgan fingerprint density at radius 1 is 1.25 bits per heavy atom. The van der Waals surface area contributed by atoms with Crippen molar-refractivity contribution >= 4 is 11.6 Å². The molecule has 0 aliphatic carbocycles. The molecule has 1 atom stereocenters. The molecule has 0 rings (SSSR count). The quantitative estimate of drug-likeness (QED) is 0.387. The number of nitrogens with two attached hydrogens (primary N) is 1. The second kappa shape index (κ2) is 8.06. The molecule has 0 aromatic rings. The summed E-state index contributed by atoms with van der Waals surface area (Å²) < 4.78 is 0. The van der Waals surface area contributed by atoms with E-state index in [4.69, 9.17) is 12.2 Å². The summed E-state index contributed by atoms with van der Waals surface area (Å²) in [5.74, 6) is 1.77. The number of rotatable bonds is 8. The lowest BCUT2D eigenvalue weighted by Gasteiger charge is -2.12. The van der Waals surface area contributed by atoms with Crippen LogP contribution in [0.25, 0.3) is 0 Å². The molecule has 3 nitrogen and oxygen atoms in total. The standard InChI is InChI=1S/C13H21NO2/c1-4-5-6-7-8-9-11(15)13(16)12(14)10(2)3/h1,10,12H,5-9,14H2,2-3H3/t12-/m0/s1. The molecule has 0 aromatic carbocycles. The van der Waals surface area contributed by atoms with E-state index in [1.54, 1.807) is 0 Å². The van der Waals surface area contributed by atoms with Crippen LogP contribution in [0.2, 0.25) is 0 Å². The van der Waals surface area contributed by atoms with Crippen LogP contribution >= 0.6 is 0 Å². The topological polar surface area (TPSA) is 60.2 Å². The summed E-state index contributed by atoms with van der Waals surface area (Å²) in [5, 5.41) is 0. The molecule has 0 aromatic heterocycles. The lowest BCUT2D eigenvalue weighted by Crippen LogP contribution is -2.40. The maximum atomic E-state index is 11.5. The highest BCUT2D eigenvalue weighted by Crippen LogP contribution is 2.06. The lowest BCUT2D eigenvalue weighted by atomic mass is 9.96. The van der Waals surface area contributed by atoms with Crippen LogP contribution in [0.15, 0.2) is 0 Å².